The van der Waals surface area contributed by atoms with E-state index in [1.54, 1.807) is 0 Å². The predicted octanol–water partition coefficient (Wildman–Crippen LogP) is 6.33. The molecule has 0 radical (unpaired) electrons. The van der Waals surface area contributed by atoms with E-state index in [4.69, 9.17) is 9.15 Å². The molecule has 1 aliphatic heterocycles. The Morgan fingerprint density at radius 3 is 2.38 bits per heavy atom. The van der Waals surface area contributed by atoms with E-state index in [1.165, 1.54) is 29.5 Å². The lowest BCUT2D eigenvalue weighted by molar-refractivity contribution is -0.137. The second-order valence-electron chi connectivity index (χ2n) is 9.19. The Bertz CT molecular complexity index is 1150. The molecule has 1 aliphatic rings. The van der Waals surface area contributed by atoms with Crippen LogP contribution < -0.4 is 0 Å². The number of rotatable bonds is 11. The summed E-state index contributed by atoms with van der Waals surface area (Å²) in [6, 6.07) is 13.4. The van der Waals surface area contributed by atoms with Crippen molar-refractivity contribution in [1.82, 2.24) is 9.88 Å². The van der Waals surface area contributed by atoms with Gasteiger partial charge in [-0.05, 0) is 55.2 Å². The summed E-state index contributed by atoms with van der Waals surface area (Å²) < 4.78 is 49.3. The fraction of sp³-hybridized carbons (Fsp3) is 0.429. The third-order valence-electron chi connectivity index (χ3n) is 6.31. The smallest absolute Gasteiger partial charge is 0.416 e. The van der Waals surface area contributed by atoms with E-state index in [0.717, 1.165) is 67.6 Å². The zero-order valence-corrected chi connectivity index (χ0v) is 21.7. The van der Waals surface area contributed by atoms with Gasteiger partial charge in [-0.25, -0.2) is 4.98 Å². The van der Waals surface area contributed by atoms with Crippen molar-refractivity contribution in [1.29, 1.82) is 0 Å². The summed E-state index contributed by atoms with van der Waals surface area (Å²) in [4.78, 5) is 19.3. The number of morpholine rings is 1. The van der Waals surface area contributed by atoms with Gasteiger partial charge < -0.3 is 9.15 Å². The Morgan fingerprint density at radius 1 is 1.03 bits per heavy atom. The van der Waals surface area contributed by atoms with Gasteiger partial charge in [-0.15, -0.1) is 11.8 Å². The summed E-state index contributed by atoms with van der Waals surface area (Å²) in [6.45, 7) is 6.23. The highest BCUT2D eigenvalue weighted by Crippen LogP contribution is 2.29. The zero-order valence-electron chi connectivity index (χ0n) is 20.9. The first-order valence-electron chi connectivity index (χ1n) is 12.4. The summed E-state index contributed by atoms with van der Waals surface area (Å²) in [5.41, 5.74) is 3.13. The molecule has 0 N–H and O–H groups in total. The normalized spacial score (nSPS) is 14.7. The van der Waals surface area contributed by atoms with E-state index >= 15 is 0 Å². The summed E-state index contributed by atoms with van der Waals surface area (Å²) in [7, 11) is 0. The molecule has 4 rings (SSSR count). The van der Waals surface area contributed by atoms with Gasteiger partial charge in [0.15, 0.2) is 0 Å². The van der Waals surface area contributed by atoms with Gasteiger partial charge in [-0.3, -0.25) is 9.69 Å². The molecule has 37 heavy (non-hydrogen) atoms. The molecular weight excluding hydrogens is 501 g/mol. The lowest BCUT2D eigenvalue weighted by Crippen LogP contribution is -2.35. The molecule has 9 heteroatoms. The second-order valence-corrected chi connectivity index (χ2v) is 10.2. The number of hydrogen-bond acceptors (Lipinski definition) is 6. The van der Waals surface area contributed by atoms with Crippen LogP contribution in [-0.2, 0) is 34.4 Å². The van der Waals surface area contributed by atoms with Crippen LogP contribution in [-0.4, -0.2) is 47.7 Å². The highest BCUT2D eigenvalue weighted by atomic mass is 32.2. The highest BCUT2D eigenvalue weighted by Gasteiger charge is 2.29. The Hall–Kier alpha value is -2.62. The number of ether oxygens (including phenoxy) is 1. The van der Waals surface area contributed by atoms with Gasteiger partial charge in [0.2, 0.25) is 5.89 Å². The van der Waals surface area contributed by atoms with E-state index in [0.29, 0.717) is 36.7 Å². The van der Waals surface area contributed by atoms with Crippen molar-refractivity contribution >= 4 is 17.5 Å². The average Bonchev–Trinajstić information content (AvgIpc) is 3.25. The third-order valence-corrected chi connectivity index (χ3v) is 7.31. The molecule has 1 saturated heterocycles. The van der Waals surface area contributed by atoms with Crippen LogP contribution in [0.3, 0.4) is 0 Å². The van der Waals surface area contributed by atoms with Crippen LogP contribution in [0.1, 0.15) is 41.0 Å². The summed E-state index contributed by atoms with van der Waals surface area (Å²) in [5, 5.41) is 0. The Morgan fingerprint density at radius 2 is 1.70 bits per heavy atom. The summed E-state index contributed by atoms with van der Waals surface area (Å²) in [6.07, 6.45) is -2.75. The van der Waals surface area contributed by atoms with E-state index in [-0.39, 0.29) is 5.78 Å². The van der Waals surface area contributed by atoms with Crippen LogP contribution in [0, 0.1) is 6.92 Å². The number of oxazole rings is 1. The SMILES string of the molecule is Cc1oc(-c2ccc(CN3CCOCC3)cc2)nc1CSCC(=O)CCCc1ccc(C(F)(F)F)cc1. The van der Waals surface area contributed by atoms with Crippen LogP contribution >= 0.6 is 11.8 Å². The Kier molecular flexibility index (Phi) is 9.45. The van der Waals surface area contributed by atoms with E-state index in [9.17, 15) is 18.0 Å². The lowest BCUT2D eigenvalue weighted by Gasteiger charge is -2.26. The largest absolute Gasteiger partial charge is 0.441 e. The molecule has 0 aliphatic carbocycles. The van der Waals surface area contributed by atoms with Gasteiger partial charge in [0, 0.05) is 37.4 Å². The van der Waals surface area contributed by atoms with Crippen molar-refractivity contribution in [3.8, 4) is 11.5 Å². The van der Waals surface area contributed by atoms with Crippen molar-refractivity contribution in [3.63, 3.8) is 0 Å². The average molecular weight is 533 g/mol. The minimum Gasteiger partial charge on any atom is -0.441 e. The van der Waals surface area contributed by atoms with E-state index in [1.807, 2.05) is 19.1 Å². The lowest BCUT2D eigenvalue weighted by atomic mass is 10.0. The maximum Gasteiger partial charge on any atom is 0.416 e. The van der Waals surface area contributed by atoms with Gasteiger partial charge >= 0.3 is 6.18 Å². The van der Waals surface area contributed by atoms with Gasteiger partial charge in [0.1, 0.15) is 11.5 Å². The fourth-order valence-corrected chi connectivity index (χ4v) is 5.07. The zero-order chi connectivity index (χ0) is 26.3. The Balaban J connectivity index is 1.19. The van der Waals surface area contributed by atoms with Crippen molar-refractivity contribution in [3.05, 3.63) is 76.7 Å². The van der Waals surface area contributed by atoms with Crippen molar-refractivity contribution in [2.24, 2.45) is 0 Å². The molecule has 3 aromatic rings. The molecule has 0 unspecified atom stereocenters. The predicted molar refractivity (Wildman–Crippen MR) is 138 cm³/mol. The first-order chi connectivity index (χ1) is 17.8. The van der Waals surface area contributed by atoms with E-state index in [2.05, 4.69) is 22.0 Å². The number of halogens is 3. The number of alkyl halides is 3. The summed E-state index contributed by atoms with van der Waals surface area (Å²) in [5.74, 6) is 2.39. The molecule has 1 fully saturated rings. The number of aryl methyl sites for hydroxylation is 2. The van der Waals surface area contributed by atoms with Crippen molar-refractivity contribution in [2.45, 2.75) is 44.7 Å². The van der Waals surface area contributed by atoms with Gasteiger partial charge in [-0.2, -0.15) is 13.2 Å². The van der Waals surface area contributed by atoms with E-state index < -0.39 is 11.7 Å². The monoisotopic (exact) mass is 532 g/mol. The van der Waals surface area contributed by atoms with Crippen molar-refractivity contribution < 1.29 is 27.1 Å². The standard InChI is InChI=1S/C28H31F3N2O3S/c1-20-26(19-37-18-25(34)4-2-3-21-7-11-24(12-8-21)28(29,30)31)32-27(36-20)23-9-5-22(6-10-23)17-33-13-15-35-16-14-33/h5-12H,2-4,13-19H2,1H3. The molecule has 198 valence electrons. The number of benzene rings is 2. The third kappa shape index (κ3) is 8.18. The molecule has 0 spiro atoms. The minimum atomic E-state index is -4.33. The minimum absolute atomic E-state index is 0.120. The van der Waals surface area contributed by atoms with Crippen LogP contribution in [0.4, 0.5) is 13.2 Å². The van der Waals surface area contributed by atoms with Crippen LogP contribution in [0.5, 0.6) is 0 Å². The number of thioether (sulfide) groups is 1. The van der Waals surface area contributed by atoms with Gasteiger partial charge in [-0.1, -0.05) is 24.3 Å². The van der Waals surface area contributed by atoms with Gasteiger partial charge in [0.05, 0.1) is 30.2 Å². The van der Waals surface area contributed by atoms with Crippen LogP contribution in [0.15, 0.2) is 52.9 Å². The molecule has 2 heterocycles. The molecule has 2 aromatic carbocycles. The molecule has 0 amide bonds. The van der Waals surface area contributed by atoms with Crippen LogP contribution in [0.25, 0.3) is 11.5 Å². The number of nitrogens with zero attached hydrogens (tertiary/aromatic N) is 2. The molecule has 1 aromatic heterocycles. The number of ketones is 1. The fourth-order valence-electron chi connectivity index (χ4n) is 4.14. The Labute approximate surface area is 219 Å². The number of carbonyl (C=O) groups excluding carboxylic acids is 1. The number of carbonyl (C=O) groups is 1. The highest BCUT2D eigenvalue weighted by molar-refractivity contribution is 7.99. The molecule has 5 nitrogen and oxygen atoms in total. The van der Waals surface area contributed by atoms with Gasteiger partial charge in [0.25, 0.3) is 0 Å². The summed E-state index contributed by atoms with van der Waals surface area (Å²) >= 11 is 1.50. The molecule has 0 bridgehead atoms. The molecule has 0 atom stereocenters. The molecule has 0 saturated carbocycles. The first kappa shape index (κ1) is 27.4. The topological polar surface area (TPSA) is 55.6 Å². The first-order valence-corrected chi connectivity index (χ1v) is 13.5. The number of aromatic nitrogens is 1. The van der Waals surface area contributed by atoms with Crippen LogP contribution in [0.2, 0.25) is 0 Å². The number of Topliss-reactive ketones (excluding diaryl/α,β-unsaturated/α-hetero) is 1. The quantitative estimate of drug-likeness (QED) is 0.288. The molecular formula is C28H31F3N2O3S. The maximum absolute atomic E-state index is 12.7. The number of hydrogen-bond donors (Lipinski definition) is 0. The van der Waals surface area contributed by atoms with Crippen molar-refractivity contribution in [2.75, 3.05) is 32.1 Å². The second kappa shape index (κ2) is 12.8. The maximum atomic E-state index is 12.7.